The monoisotopic (exact) mass is 250 g/mol. The molecule has 0 aliphatic rings. The van der Waals surface area contributed by atoms with Crippen molar-refractivity contribution in [2.24, 2.45) is 5.92 Å². The van der Waals surface area contributed by atoms with Crippen LogP contribution in [0.2, 0.25) is 0 Å². The first-order chi connectivity index (χ1) is 8.34. The van der Waals surface area contributed by atoms with Crippen molar-refractivity contribution in [1.82, 2.24) is 4.98 Å². The van der Waals surface area contributed by atoms with Gasteiger partial charge in [-0.2, -0.15) is 0 Å². The van der Waals surface area contributed by atoms with Crippen LogP contribution in [0.4, 0.5) is 5.69 Å². The number of nitrogens with zero attached hydrogens (tertiary/aromatic N) is 2. The molecule has 0 saturated carbocycles. The first-order valence-corrected chi connectivity index (χ1v) is 5.96. The summed E-state index contributed by atoms with van der Waals surface area (Å²) in [5, 5.41) is 11.0. The van der Waals surface area contributed by atoms with Crippen LogP contribution in [0.3, 0.4) is 0 Å². The zero-order valence-electron chi connectivity index (χ0n) is 11.2. The van der Waals surface area contributed by atoms with Gasteiger partial charge in [0.05, 0.1) is 10.6 Å². The fourth-order valence-corrected chi connectivity index (χ4v) is 1.83. The highest BCUT2D eigenvalue weighted by Gasteiger charge is 2.19. The van der Waals surface area contributed by atoms with E-state index in [0.717, 1.165) is 0 Å². The lowest BCUT2D eigenvalue weighted by Crippen LogP contribution is -2.10. The van der Waals surface area contributed by atoms with Gasteiger partial charge in [-0.05, 0) is 20.3 Å². The average molecular weight is 250 g/mol. The number of Topliss-reactive ketones (excluding diaryl/α,β-unsaturated/α-hetero) is 1. The standard InChI is InChI=1S/C13H18N2O3/c1-8(2)12(16)6-5-11-10(4)13(15(17)18)9(3)7-14-11/h7-8H,5-6H2,1-4H3. The number of carbonyl (C=O) groups excluding carboxylic acids is 1. The zero-order chi connectivity index (χ0) is 13.9. The Balaban J connectivity index is 2.95. The van der Waals surface area contributed by atoms with E-state index in [1.54, 1.807) is 13.8 Å². The first kappa shape index (κ1) is 14.3. The first-order valence-electron chi connectivity index (χ1n) is 5.96. The second kappa shape index (κ2) is 5.71. The minimum Gasteiger partial charge on any atom is -0.299 e. The van der Waals surface area contributed by atoms with Gasteiger partial charge < -0.3 is 0 Å². The summed E-state index contributed by atoms with van der Waals surface area (Å²) in [5.74, 6) is 0.144. The fraction of sp³-hybridized carbons (Fsp3) is 0.538. The number of rotatable bonds is 5. The van der Waals surface area contributed by atoms with Crippen molar-refractivity contribution >= 4 is 11.5 Å². The molecule has 1 heterocycles. The van der Waals surface area contributed by atoms with E-state index in [4.69, 9.17) is 0 Å². The Hall–Kier alpha value is -1.78. The summed E-state index contributed by atoms with van der Waals surface area (Å²) in [6.45, 7) is 7.05. The Morgan fingerprint density at radius 1 is 1.44 bits per heavy atom. The van der Waals surface area contributed by atoms with Crippen molar-refractivity contribution in [2.45, 2.75) is 40.5 Å². The normalized spacial score (nSPS) is 10.7. The maximum atomic E-state index is 11.6. The fourth-order valence-electron chi connectivity index (χ4n) is 1.83. The number of hydrogen-bond donors (Lipinski definition) is 0. The molecule has 0 unspecified atom stereocenters. The molecule has 1 rings (SSSR count). The summed E-state index contributed by atoms with van der Waals surface area (Å²) in [7, 11) is 0. The summed E-state index contributed by atoms with van der Waals surface area (Å²) in [4.78, 5) is 26.3. The van der Waals surface area contributed by atoms with Gasteiger partial charge in [0.25, 0.3) is 5.69 Å². The molecule has 5 nitrogen and oxygen atoms in total. The third-order valence-corrected chi connectivity index (χ3v) is 3.01. The molecule has 0 radical (unpaired) electrons. The molecule has 0 amide bonds. The molecule has 0 bridgehead atoms. The molecule has 1 aromatic heterocycles. The molecule has 1 aromatic rings. The molecule has 0 aliphatic heterocycles. The van der Waals surface area contributed by atoms with Crippen molar-refractivity contribution in [2.75, 3.05) is 0 Å². The van der Waals surface area contributed by atoms with Gasteiger partial charge in [0, 0.05) is 29.7 Å². The van der Waals surface area contributed by atoms with Crippen LogP contribution in [-0.4, -0.2) is 15.7 Å². The van der Waals surface area contributed by atoms with Gasteiger partial charge in [-0.3, -0.25) is 19.9 Å². The number of pyridine rings is 1. The van der Waals surface area contributed by atoms with Crippen LogP contribution in [0.5, 0.6) is 0 Å². The smallest absolute Gasteiger partial charge is 0.278 e. The lowest BCUT2D eigenvalue weighted by atomic mass is 10.0. The van der Waals surface area contributed by atoms with Crippen LogP contribution in [0.25, 0.3) is 0 Å². The van der Waals surface area contributed by atoms with Crippen molar-refractivity contribution in [3.63, 3.8) is 0 Å². The average Bonchev–Trinajstić information content (AvgIpc) is 2.27. The van der Waals surface area contributed by atoms with Crippen LogP contribution < -0.4 is 0 Å². The third kappa shape index (κ3) is 3.12. The lowest BCUT2D eigenvalue weighted by Gasteiger charge is -2.08. The van der Waals surface area contributed by atoms with E-state index in [1.807, 2.05) is 13.8 Å². The lowest BCUT2D eigenvalue weighted by molar-refractivity contribution is -0.386. The molecular weight excluding hydrogens is 232 g/mol. The maximum Gasteiger partial charge on any atom is 0.278 e. The molecule has 0 saturated heterocycles. The third-order valence-electron chi connectivity index (χ3n) is 3.01. The summed E-state index contributed by atoms with van der Waals surface area (Å²) in [5.41, 5.74) is 1.87. The second-order valence-electron chi connectivity index (χ2n) is 4.74. The number of aryl methyl sites for hydroxylation is 2. The van der Waals surface area contributed by atoms with Crippen molar-refractivity contribution in [3.05, 3.63) is 33.1 Å². The van der Waals surface area contributed by atoms with Gasteiger partial charge in [0.2, 0.25) is 0 Å². The largest absolute Gasteiger partial charge is 0.299 e. The number of carbonyl (C=O) groups is 1. The summed E-state index contributed by atoms with van der Waals surface area (Å²) >= 11 is 0. The van der Waals surface area contributed by atoms with Crippen LogP contribution in [0.1, 0.15) is 37.1 Å². The highest BCUT2D eigenvalue weighted by atomic mass is 16.6. The molecule has 0 fully saturated rings. The van der Waals surface area contributed by atoms with E-state index < -0.39 is 0 Å². The van der Waals surface area contributed by atoms with Gasteiger partial charge in [0.15, 0.2) is 0 Å². The molecule has 0 aliphatic carbocycles. The van der Waals surface area contributed by atoms with E-state index in [0.29, 0.717) is 29.7 Å². The van der Waals surface area contributed by atoms with Gasteiger partial charge in [-0.1, -0.05) is 13.8 Å². The minimum atomic E-state index is -0.389. The van der Waals surface area contributed by atoms with Crippen LogP contribution in [0, 0.1) is 29.9 Å². The topological polar surface area (TPSA) is 73.1 Å². The molecule has 18 heavy (non-hydrogen) atoms. The number of aromatic nitrogens is 1. The van der Waals surface area contributed by atoms with Crippen molar-refractivity contribution in [3.8, 4) is 0 Å². The second-order valence-corrected chi connectivity index (χ2v) is 4.74. The van der Waals surface area contributed by atoms with Gasteiger partial charge in [-0.25, -0.2) is 0 Å². The SMILES string of the molecule is Cc1cnc(CCC(=O)C(C)C)c(C)c1[N+](=O)[O-]. The van der Waals surface area contributed by atoms with Crippen molar-refractivity contribution in [1.29, 1.82) is 0 Å². The maximum absolute atomic E-state index is 11.6. The highest BCUT2D eigenvalue weighted by Crippen LogP contribution is 2.24. The van der Waals surface area contributed by atoms with E-state index >= 15 is 0 Å². The van der Waals surface area contributed by atoms with Crippen LogP contribution in [-0.2, 0) is 11.2 Å². The molecule has 0 spiro atoms. The Morgan fingerprint density at radius 3 is 2.56 bits per heavy atom. The summed E-state index contributed by atoms with van der Waals surface area (Å²) < 4.78 is 0. The van der Waals surface area contributed by atoms with Crippen LogP contribution in [0.15, 0.2) is 6.20 Å². The van der Waals surface area contributed by atoms with Crippen molar-refractivity contribution < 1.29 is 9.72 Å². The van der Waals surface area contributed by atoms with Gasteiger partial charge in [0.1, 0.15) is 5.78 Å². The van der Waals surface area contributed by atoms with E-state index in [2.05, 4.69) is 4.98 Å². The number of ketones is 1. The predicted molar refractivity (Wildman–Crippen MR) is 68.5 cm³/mol. The Morgan fingerprint density at radius 2 is 2.06 bits per heavy atom. The predicted octanol–water partition coefficient (Wildman–Crippen LogP) is 2.76. The number of hydrogen-bond acceptors (Lipinski definition) is 4. The number of nitro groups is 1. The zero-order valence-corrected chi connectivity index (χ0v) is 11.2. The van der Waals surface area contributed by atoms with Crippen LogP contribution >= 0.6 is 0 Å². The summed E-state index contributed by atoms with van der Waals surface area (Å²) in [6.07, 6.45) is 2.34. The molecule has 98 valence electrons. The molecule has 5 heteroatoms. The van der Waals surface area contributed by atoms with E-state index in [9.17, 15) is 14.9 Å². The van der Waals surface area contributed by atoms with Gasteiger partial charge in [-0.15, -0.1) is 0 Å². The Labute approximate surface area is 106 Å². The molecular formula is C13H18N2O3. The molecule has 0 N–H and O–H groups in total. The summed E-state index contributed by atoms with van der Waals surface area (Å²) in [6, 6.07) is 0. The van der Waals surface area contributed by atoms with E-state index in [-0.39, 0.29) is 22.3 Å². The molecule has 0 atom stereocenters. The molecule has 0 aromatic carbocycles. The Bertz CT molecular complexity index is 481. The van der Waals surface area contributed by atoms with Gasteiger partial charge >= 0.3 is 0 Å². The van der Waals surface area contributed by atoms with E-state index in [1.165, 1.54) is 6.20 Å². The Kier molecular flexibility index (Phi) is 4.53. The quantitative estimate of drug-likeness (QED) is 0.595. The highest BCUT2D eigenvalue weighted by molar-refractivity contribution is 5.80. The minimum absolute atomic E-state index is 0.00857.